The molecular formula is C11H18N2O2. The number of hydrogen-bond acceptors (Lipinski definition) is 3. The molecular weight excluding hydrogens is 192 g/mol. The van der Waals surface area contributed by atoms with E-state index in [2.05, 4.69) is 10.3 Å². The first-order valence-electron chi connectivity index (χ1n) is 5.24. The number of anilines is 1. The van der Waals surface area contributed by atoms with Crippen LogP contribution in [0.3, 0.4) is 0 Å². The molecule has 0 atom stereocenters. The summed E-state index contributed by atoms with van der Waals surface area (Å²) in [6.45, 7) is 8.08. The molecule has 0 saturated carbocycles. The van der Waals surface area contributed by atoms with Crippen molar-refractivity contribution < 1.29 is 9.53 Å². The van der Waals surface area contributed by atoms with Crippen LogP contribution < -0.4 is 10.1 Å². The first-order chi connectivity index (χ1) is 7.36. The summed E-state index contributed by atoms with van der Waals surface area (Å²) < 4.78 is 5.06. The van der Waals surface area contributed by atoms with Gasteiger partial charge in [0.05, 0.1) is 0 Å². The van der Waals surface area contributed by atoms with Gasteiger partial charge in [0, 0.05) is 6.20 Å². The SMILES string of the molecule is CC.CC.O=C1COc2cccnc2N1. The number of nitrogens with zero attached hydrogens (tertiary/aromatic N) is 1. The fraction of sp³-hybridized carbons (Fsp3) is 0.455. The Morgan fingerprint density at radius 3 is 2.67 bits per heavy atom. The van der Waals surface area contributed by atoms with Gasteiger partial charge in [-0.15, -0.1) is 0 Å². The number of amides is 1. The highest BCUT2D eigenvalue weighted by molar-refractivity contribution is 5.94. The van der Waals surface area contributed by atoms with E-state index in [9.17, 15) is 4.79 Å². The molecule has 2 rings (SSSR count). The van der Waals surface area contributed by atoms with Crippen molar-refractivity contribution in [3.05, 3.63) is 18.3 Å². The van der Waals surface area contributed by atoms with Crippen molar-refractivity contribution in [2.45, 2.75) is 27.7 Å². The highest BCUT2D eigenvalue weighted by atomic mass is 16.5. The molecule has 0 aliphatic carbocycles. The minimum atomic E-state index is -0.156. The summed E-state index contributed by atoms with van der Waals surface area (Å²) >= 11 is 0. The Hall–Kier alpha value is -1.58. The third-order valence-electron chi connectivity index (χ3n) is 1.39. The molecule has 0 unspecified atom stereocenters. The van der Waals surface area contributed by atoms with Gasteiger partial charge >= 0.3 is 0 Å². The fourth-order valence-electron chi connectivity index (χ4n) is 0.912. The van der Waals surface area contributed by atoms with E-state index in [0.29, 0.717) is 11.6 Å². The monoisotopic (exact) mass is 210 g/mol. The number of pyridine rings is 1. The second-order valence-electron chi connectivity index (χ2n) is 2.19. The Morgan fingerprint density at radius 2 is 2.00 bits per heavy atom. The molecule has 1 aromatic heterocycles. The van der Waals surface area contributed by atoms with E-state index in [-0.39, 0.29) is 12.5 Å². The van der Waals surface area contributed by atoms with Crippen LogP contribution in [0.2, 0.25) is 0 Å². The number of carbonyl (C=O) groups excluding carboxylic acids is 1. The minimum absolute atomic E-state index is 0.0820. The summed E-state index contributed by atoms with van der Waals surface area (Å²) in [5.74, 6) is 0.979. The molecule has 1 amide bonds. The largest absolute Gasteiger partial charge is 0.480 e. The number of fused-ring (bicyclic) bond motifs is 1. The maximum absolute atomic E-state index is 10.7. The molecule has 0 aromatic carbocycles. The Bertz CT molecular complexity index is 300. The van der Waals surface area contributed by atoms with Crippen LogP contribution in [0.5, 0.6) is 5.75 Å². The van der Waals surface area contributed by atoms with Gasteiger partial charge < -0.3 is 10.1 Å². The maximum atomic E-state index is 10.7. The van der Waals surface area contributed by atoms with Crippen molar-refractivity contribution in [2.24, 2.45) is 0 Å². The van der Waals surface area contributed by atoms with E-state index < -0.39 is 0 Å². The van der Waals surface area contributed by atoms with Crippen LogP contribution in [-0.4, -0.2) is 17.5 Å². The van der Waals surface area contributed by atoms with Crippen LogP contribution in [0.1, 0.15) is 27.7 Å². The van der Waals surface area contributed by atoms with Gasteiger partial charge in [0.1, 0.15) is 0 Å². The lowest BCUT2D eigenvalue weighted by molar-refractivity contribution is -0.118. The second kappa shape index (κ2) is 7.79. The zero-order valence-corrected chi connectivity index (χ0v) is 9.70. The van der Waals surface area contributed by atoms with Crippen molar-refractivity contribution in [1.29, 1.82) is 0 Å². The van der Waals surface area contributed by atoms with E-state index in [1.807, 2.05) is 27.7 Å². The van der Waals surface area contributed by atoms with Gasteiger partial charge in [-0.3, -0.25) is 4.79 Å². The van der Waals surface area contributed by atoms with Crippen LogP contribution >= 0.6 is 0 Å². The Labute approximate surface area is 90.7 Å². The summed E-state index contributed by atoms with van der Waals surface area (Å²) in [6, 6.07) is 3.53. The van der Waals surface area contributed by atoms with Crippen molar-refractivity contribution in [3.63, 3.8) is 0 Å². The molecule has 1 aromatic rings. The van der Waals surface area contributed by atoms with E-state index in [1.54, 1.807) is 18.3 Å². The average Bonchev–Trinajstić information content (AvgIpc) is 2.34. The third kappa shape index (κ3) is 3.97. The third-order valence-corrected chi connectivity index (χ3v) is 1.39. The van der Waals surface area contributed by atoms with Crippen LogP contribution in [0.15, 0.2) is 18.3 Å². The van der Waals surface area contributed by atoms with Gasteiger partial charge in [-0.05, 0) is 12.1 Å². The zero-order chi connectivity index (χ0) is 11.7. The number of aromatic nitrogens is 1. The highest BCUT2D eigenvalue weighted by Crippen LogP contribution is 2.23. The number of hydrogen-bond donors (Lipinski definition) is 1. The lowest BCUT2D eigenvalue weighted by Gasteiger charge is -2.15. The normalized spacial score (nSPS) is 11.6. The summed E-state index contributed by atoms with van der Waals surface area (Å²) in [5, 5.41) is 2.58. The molecule has 0 radical (unpaired) electrons. The van der Waals surface area contributed by atoms with Crippen molar-refractivity contribution in [3.8, 4) is 5.75 Å². The van der Waals surface area contributed by atoms with Crippen molar-refractivity contribution >= 4 is 11.7 Å². The quantitative estimate of drug-likeness (QED) is 0.715. The minimum Gasteiger partial charge on any atom is -0.480 e. The van der Waals surface area contributed by atoms with Crippen LogP contribution in [0.25, 0.3) is 0 Å². The number of carbonyl (C=O) groups is 1. The van der Waals surface area contributed by atoms with E-state index in [0.717, 1.165) is 0 Å². The van der Waals surface area contributed by atoms with Gasteiger partial charge in [-0.25, -0.2) is 4.98 Å². The summed E-state index contributed by atoms with van der Waals surface area (Å²) in [7, 11) is 0. The molecule has 0 fully saturated rings. The molecule has 0 bridgehead atoms. The predicted octanol–water partition coefficient (Wildman–Crippen LogP) is 2.46. The van der Waals surface area contributed by atoms with Crippen LogP contribution in [0.4, 0.5) is 5.82 Å². The Morgan fingerprint density at radius 1 is 1.33 bits per heavy atom. The maximum Gasteiger partial charge on any atom is 0.263 e. The van der Waals surface area contributed by atoms with Crippen molar-refractivity contribution in [1.82, 2.24) is 4.98 Å². The lowest BCUT2D eigenvalue weighted by atomic mass is 10.4. The van der Waals surface area contributed by atoms with Gasteiger partial charge in [-0.2, -0.15) is 0 Å². The van der Waals surface area contributed by atoms with E-state index in [1.165, 1.54) is 0 Å². The fourth-order valence-corrected chi connectivity index (χ4v) is 0.912. The second-order valence-corrected chi connectivity index (χ2v) is 2.19. The first kappa shape index (κ1) is 13.4. The molecule has 0 saturated heterocycles. The van der Waals surface area contributed by atoms with Gasteiger partial charge in [0.25, 0.3) is 5.91 Å². The molecule has 2 heterocycles. The Kier molecular flexibility index (Phi) is 6.97. The van der Waals surface area contributed by atoms with Gasteiger partial charge in [-0.1, -0.05) is 27.7 Å². The molecule has 1 N–H and O–H groups in total. The molecule has 4 heteroatoms. The topological polar surface area (TPSA) is 51.2 Å². The molecule has 1 aliphatic rings. The molecule has 1 aliphatic heterocycles. The number of rotatable bonds is 0. The summed E-state index contributed by atoms with van der Waals surface area (Å²) in [6.07, 6.45) is 1.60. The zero-order valence-electron chi connectivity index (χ0n) is 9.70. The highest BCUT2D eigenvalue weighted by Gasteiger charge is 2.15. The van der Waals surface area contributed by atoms with Gasteiger partial charge in [0.2, 0.25) is 0 Å². The lowest BCUT2D eigenvalue weighted by Crippen LogP contribution is -2.25. The summed E-state index contributed by atoms with van der Waals surface area (Å²) in [4.78, 5) is 14.7. The van der Waals surface area contributed by atoms with Gasteiger partial charge in [0.15, 0.2) is 18.2 Å². The first-order valence-corrected chi connectivity index (χ1v) is 5.24. The standard InChI is InChI=1S/C7H6N2O2.2C2H6/c10-6-4-11-5-2-1-3-8-7(5)9-6;2*1-2/h1-3H,4H2,(H,8,9,10);2*1-2H3. The molecule has 0 spiro atoms. The Balaban J connectivity index is 0.000000442. The average molecular weight is 210 g/mol. The van der Waals surface area contributed by atoms with Crippen LogP contribution in [-0.2, 0) is 4.79 Å². The molecule has 84 valence electrons. The van der Waals surface area contributed by atoms with Crippen molar-refractivity contribution in [2.75, 3.05) is 11.9 Å². The smallest absolute Gasteiger partial charge is 0.263 e. The van der Waals surface area contributed by atoms with E-state index >= 15 is 0 Å². The number of nitrogens with one attached hydrogen (secondary N) is 1. The van der Waals surface area contributed by atoms with Crippen LogP contribution in [0, 0.1) is 0 Å². The predicted molar refractivity (Wildman–Crippen MR) is 61.1 cm³/mol. The summed E-state index contributed by atoms with van der Waals surface area (Å²) in [5.41, 5.74) is 0. The van der Waals surface area contributed by atoms with E-state index in [4.69, 9.17) is 4.74 Å². The molecule has 15 heavy (non-hydrogen) atoms. The number of ether oxygens (including phenoxy) is 1. The molecule has 4 nitrogen and oxygen atoms in total.